The molecule has 3 atom stereocenters. The third kappa shape index (κ3) is 4.20. The van der Waals surface area contributed by atoms with E-state index in [1.165, 1.54) is 0 Å². The maximum Gasteiger partial charge on any atom is 0.228 e. The van der Waals surface area contributed by atoms with Gasteiger partial charge in [0, 0.05) is 10.7 Å². The van der Waals surface area contributed by atoms with Crippen molar-refractivity contribution in [2.75, 3.05) is 5.32 Å². The van der Waals surface area contributed by atoms with Gasteiger partial charge in [-0.3, -0.25) is 9.59 Å². The van der Waals surface area contributed by atoms with Gasteiger partial charge in [-0.15, -0.1) is 0 Å². The van der Waals surface area contributed by atoms with E-state index in [-0.39, 0.29) is 29.7 Å². The van der Waals surface area contributed by atoms with E-state index in [9.17, 15) is 9.59 Å². The van der Waals surface area contributed by atoms with Crippen molar-refractivity contribution < 1.29 is 9.59 Å². The quantitative estimate of drug-likeness (QED) is 0.847. The van der Waals surface area contributed by atoms with Crippen LogP contribution in [0.1, 0.15) is 30.5 Å². The smallest absolute Gasteiger partial charge is 0.228 e. The molecule has 25 heavy (non-hydrogen) atoms. The van der Waals surface area contributed by atoms with Crippen LogP contribution in [0.2, 0.25) is 5.02 Å². The third-order valence-electron chi connectivity index (χ3n) is 4.56. The average Bonchev–Trinajstić information content (AvgIpc) is 3.40. The van der Waals surface area contributed by atoms with Gasteiger partial charge in [0.05, 0.1) is 17.9 Å². The number of hydrogen-bond acceptors (Lipinski definition) is 2. The molecule has 130 valence electrons. The second-order valence-corrected chi connectivity index (χ2v) is 6.95. The predicted octanol–water partition coefficient (Wildman–Crippen LogP) is 4.10. The lowest BCUT2D eigenvalue weighted by molar-refractivity contribution is -0.125. The molecule has 1 aliphatic carbocycles. The van der Waals surface area contributed by atoms with Crippen LogP contribution >= 0.6 is 11.6 Å². The maximum atomic E-state index is 12.3. The number of carbonyl (C=O) groups excluding carboxylic acids is 2. The number of hydrogen-bond donors (Lipinski definition) is 2. The van der Waals surface area contributed by atoms with Gasteiger partial charge in [-0.1, -0.05) is 48.0 Å². The van der Waals surface area contributed by atoms with Crippen LogP contribution in [0.4, 0.5) is 5.69 Å². The van der Waals surface area contributed by atoms with Gasteiger partial charge in [0.25, 0.3) is 0 Å². The first-order valence-electron chi connectivity index (χ1n) is 8.38. The van der Waals surface area contributed by atoms with Crippen molar-refractivity contribution >= 4 is 29.1 Å². The Hall–Kier alpha value is -2.33. The van der Waals surface area contributed by atoms with E-state index in [1.807, 2.05) is 56.3 Å². The van der Waals surface area contributed by atoms with Crippen LogP contribution in [0.25, 0.3) is 0 Å². The molecular weight excluding hydrogens is 336 g/mol. The summed E-state index contributed by atoms with van der Waals surface area (Å²) in [5.74, 6) is -0.735. The molecule has 2 aromatic rings. The van der Waals surface area contributed by atoms with E-state index in [0.29, 0.717) is 17.1 Å². The second-order valence-electron chi connectivity index (χ2n) is 6.54. The van der Waals surface area contributed by atoms with Crippen molar-refractivity contribution in [3.63, 3.8) is 0 Å². The Morgan fingerprint density at radius 3 is 2.44 bits per heavy atom. The highest BCUT2D eigenvalue weighted by Gasteiger charge is 2.48. The molecule has 0 aromatic heterocycles. The van der Waals surface area contributed by atoms with Crippen molar-refractivity contribution in [2.45, 2.75) is 26.3 Å². The molecule has 2 N–H and O–H groups in total. The van der Waals surface area contributed by atoms with E-state index in [2.05, 4.69) is 10.6 Å². The summed E-state index contributed by atoms with van der Waals surface area (Å²) in [6.45, 7) is 3.85. The number of carbonyl (C=O) groups is 2. The van der Waals surface area contributed by atoms with E-state index in [4.69, 9.17) is 11.6 Å². The van der Waals surface area contributed by atoms with Gasteiger partial charge in [0.1, 0.15) is 0 Å². The topological polar surface area (TPSA) is 58.2 Å². The molecule has 5 heteroatoms. The number of anilines is 1. The predicted molar refractivity (Wildman–Crippen MR) is 99.4 cm³/mol. The molecule has 1 fully saturated rings. The van der Waals surface area contributed by atoms with Gasteiger partial charge in [-0.2, -0.15) is 0 Å². The molecule has 0 heterocycles. The number of aryl methyl sites for hydroxylation is 1. The Morgan fingerprint density at radius 2 is 1.76 bits per heavy atom. The maximum absolute atomic E-state index is 12.3. The Morgan fingerprint density at radius 1 is 1.08 bits per heavy atom. The zero-order valence-electron chi connectivity index (χ0n) is 14.3. The molecular formula is C20H21ClN2O2. The van der Waals surface area contributed by atoms with Crippen LogP contribution in [-0.4, -0.2) is 11.8 Å². The monoisotopic (exact) mass is 356 g/mol. The van der Waals surface area contributed by atoms with Crippen molar-refractivity contribution in [1.82, 2.24) is 5.32 Å². The minimum Gasteiger partial charge on any atom is -0.349 e. The molecule has 1 saturated carbocycles. The lowest BCUT2D eigenvalue weighted by atomic mass is 10.1. The summed E-state index contributed by atoms with van der Waals surface area (Å²) in [7, 11) is 0. The minimum absolute atomic E-state index is 0.0709. The molecule has 2 amide bonds. The fourth-order valence-electron chi connectivity index (χ4n) is 2.83. The number of halogens is 1. The van der Waals surface area contributed by atoms with Gasteiger partial charge in [-0.25, -0.2) is 0 Å². The van der Waals surface area contributed by atoms with E-state index in [1.54, 1.807) is 6.07 Å². The molecule has 0 spiro atoms. The van der Waals surface area contributed by atoms with Crippen LogP contribution in [0.5, 0.6) is 0 Å². The standard InChI is InChI=1S/C20H21ClN2O2/c1-12-8-9-15(10-18(12)21)23-20(25)17-11-16(17)19(24)22-13(2)14-6-4-3-5-7-14/h3-10,13,16-17H,11H2,1-2H3,(H,22,24)(H,23,25). The van der Waals surface area contributed by atoms with Crippen LogP contribution < -0.4 is 10.6 Å². The molecule has 0 aliphatic heterocycles. The fourth-order valence-corrected chi connectivity index (χ4v) is 3.01. The molecule has 3 rings (SSSR count). The van der Waals surface area contributed by atoms with Crippen LogP contribution in [0.3, 0.4) is 0 Å². The van der Waals surface area contributed by atoms with Crippen LogP contribution in [0, 0.1) is 18.8 Å². The highest BCUT2D eigenvalue weighted by molar-refractivity contribution is 6.31. The van der Waals surface area contributed by atoms with E-state index >= 15 is 0 Å². The van der Waals surface area contributed by atoms with Crippen molar-refractivity contribution in [1.29, 1.82) is 0 Å². The fraction of sp³-hybridized carbons (Fsp3) is 0.300. The second kappa shape index (κ2) is 7.28. The zero-order valence-corrected chi connectivity index (χ0v) is 15.0. The Balaban J connectivity index is 1.53. The van der Waals surface area contributed by atoms with Crippen LogP contribution in [0.15, 0.2) is 48.5 Å². The van der Waals surface area contributed by atoms with Gasteiger partial charge < -0.3 is 10.6 Å². The summed E-state index contributed by atoms with van der Waals surface area (Å²) >= 11 is 6.07. The normalized spacial score (nSPS) is 19.8. The molecule has 2 aromatic carbocycles. The van der Waals surface area contributed by atoms with Gasteiger partial charge in [0.15, 0.2) is 0 Å². The summed E-state index contributed by atoms with van der Waals surface area (Å²) < 4.78 is 0. The van der Waals surface area contributed by atoms with E-state index in [0.717, 1.165) is 11.1 Å². The Kier molecular flexibility index (Phi) is 5.09. The summed E-state index contributed by atoms with van der Waals surface area (Å²) in [4.78, 5) is 24.7. The molecule has 0 saturated heterocycles. The Labute approximate surface area is 152 Å². The molecule has 1 aliphatic rings. The summed E-state index contributed by atoms with van der Waals surface area (Å²) in [5, 5.41) is 6.43. The average molecular weight is 357 g/mol. The Bertz CT molecular complexity index is 792. The molecule has 4 nitrogen and oxygen atoms in total. The number of benzene rings is 2. The van der Waals surface area contributed by atoms with Crippen molar-refractivity contribution in [2.24, 2.45) is 11.8 Å². The first-order valence-corrected chi connectivity index (χ1v) is 8.76. The first kappa shape index (κ1) is 17.5. The highest BCUT2D eigenvalue weighted by Crippen LogP contribution is 2.40. The minimum atomic E-state index is -0.275. The van der Waals surface area contributed by atoms with Gasteiger partial charge in [-0.05, 0) is 43.5 Å². The molecule has 0 bridgehead atoms. The lowest BCUT2D eigenvalue weighted by Gasteiger charge is -2.14. The largest absolute Gasteiger partial charge is 0.349 e. The van der Waals surface area contributed by atoms with Gasteiger partial charge in [0.2, 0.25) is 11.8 Å². The first-order chi connectivity index (χ1) is 12.0. The SMILES string of the molecule is Cc1ccc(NC(=O)C2CC2C(=O)NC(C)c2ccccc2)cc1Cl. The summed E-state index contributed by atoms with van der Waals surface area (Å²) in [6, 6.07) is 15.1. The number of amides is 2. The summed E-state index contributed by atoms with van der Waals surface area (Å²) in [6.07, 6.45) is 0.582. The van der Waals surface area contributed by atoms with E-state index < -0.39 is 0 Å². The number of nitrogens with one attached hydrogen (secondary N) is 2. The molecule has 0 radical (unpaired) electrons. The number of rotatable bonds is 5. The lowest BCUT2D eigenvalue weighted by Crippen LogP contribution is -2.29. The molecule has 3 unspecified atom stereocenters. The van der Waals surface area contributed by atoms with Crippen LogP contribution in [-0.2, 0) is 9.59 Å². The highest BCUT2D eigenvalue weighted by atomic mass is 35.5. The van der Waals surface area contributed by atoms with Crippen molar-refractivity contribution in [3.05, 3.63) is 64.7 Å². The van der Waals surface area contributed by atoms with Gasteiger partial charge >= 0.3 is 0 Å². The summed E-state index contributed by atoms with van der Waals surface area (Å²) in [5.41, 5.74) is 2.66. The third-order valence-corrected chi connectivity index (χ3v) is 4.97. The van der Waals surface area contributed by atoms with Crippen molar-refractivity contribution in [3.8, 4) is 0 Å². The zero-order chi connectivity index (χ0) is 18.0.